The highest BCUT2D eigenvalue weighted by Crippen LogP contribution is 2.21. The highest BCUT2D eigenvalue weighted by atomic mass is 16.2. The van der Waals surface area contributed by atoms with Crippen LogP contribution in [0.15, 0.2) is 36.4 Å². The van der Waals surface area contributed by atoms with Gasteiger partial charge in [-0.05, 0) is 69.0 Å². The molecular formula is C21H29N5O. The number of hydrogen-bond donors (Lipinski definition) is 1. The number of amides is 1. The van der Waals surface area contributed by atoms with Crippen molar-refractivity contribution in [2.75, 3.05) is 36.4 Å². The van der Waals surface area contributed by atoms with Gasteiger partial charge in [0.1, 0.15) is 0 Å². The summed E-state index contributed by atoms with van der Waals surface area (Å²) in [5.41, 5.74) is 2.56. The van der Waals surface area contributed by atoms with Crippen molar-refractivity contribution < 1.29 is 4.79 Å². The van der Waals surface area contributed by atoms with Gasteiger partial charge in [0.05, 0.1) is 0 Å². The molecular weight excluding hydrogens is 338 g/mol. The number of nitrogens with zero attached hydrogens (tertiary/aromatic N) is 4. The summed E-state index contributed by atoms with van der Waals surface area (Å²) >= 11 is 0. The number of benzene rings is 1. The molecule has 2 aromatic rings. The predicted octanol–water partition coefficient (Wildman–Crippen LogP) is 3.94. The minimum atomic E-state index is -0.0236. The topological polar surface area (TPSA) is 61.4 Å². The summed E-state index contributed by atoms with van der Waals surface area (Å²) in [5, 5.41) is 11.5. The number of rotatable bonds is 6. The van der Waals surface area contributed by atoms with Crippen LogP contribution in [0.5, 0.6) is 0 Å². The Labute approximate surface area is 161 Å². The van der Waals surface area contributed by atoms with E-state index in [4.69, 9.17) is 0 Å². The molecule has 0 atom stereocenters. The highest BCUT2D eigenvalue weighted by molar-refractivity contribution is 5.92. The molecule has 1 N–H and O–H groups in total. The number of piperidine rings is 1. The van der Waals surface area contributed by atoms with Crippen LogP contribution in [0.4, 0.5) is 17.2 Å². The normalized spacial score (nSPS) is 14.9. The molecule has 1 aliphatic heterocycles. The number of aromatic nitrogens is 2. The third-order valence-electron chi connectivity index (χ3n) is 5.22. The summed E-state index contributed by atoms with van der Waals surface area (Å²) < 4.78 is 0. The number of likely N-dealkylation sites (tertiary alicyclic amines) is 1. The first-order valence-electron chi connectivity index (χ1n) is 9.85. The van der Waals surface area contributed by atoms with Crippen molar-refractivity contribution in [1.29, 1.82) is 0 Å². The third-order valence-corrected chi connectivity index (χ3v) is 5.22. The monoisotopic (exact) mass is 367 g/mol. The van der Waals surface area contributed by atoms with Gasteiger partial charge in [-0.25, -0.2) is 0 Å². The number of nitrogens with one attached hydrogen (secondary N) is 1. The smallest absolute Gasteiger partial charge is 0.274 e. The number of carbonyl (C=O) groups is 1. The molecule has 0 radical (unpaired) electrons. The first-order valence-corrected chi connectivity index (χ1v) is 9.85. The Kier molecular flexibility index (Phi) is 6.27. The fourth-order valence-electron chi connectivity index (χ4n) is 3.38. The lowest BCUT2D eigenvalue weighted by Crippen LogP contribution is -2.38. The van der Waals surface area contributed by atoms with Crippen molar-refractivity contribution in [3.05, 3.63) is 42.1 Å². The van der Waals surface area contributed by atoms with Crippen LogP contribution in [0, 0.1) is 5.92 Å². The summed E-state index contributed by atoms with van der Waals surface area (Å²) in [7, 11) is 0. The van der Waals surface area contributed by atoms with Crippen molar-refractivity contribution in [2.24, 2.45) is 5.92 Å². The van der Waals surface area contributed by atoms with E-state index in [-0.39, 0.29) is 5.91 Å². The first kappa shape index (κ1) is 19.1. The lowest BCUT2D eigenvalue weighted by molar-refractivity contribution is 0.0690. The van der Waals surface area contributed by atoms with Gasteiger partial charge in [-0.3, -0.25) is 4.79 Å². The van der Waals surface area contributed by atoms with Crippen molar-refractivity contribution >= 4 is 23.1 Å². The van der Waals surface area contributed by atoms with Crippen LogP contribution < -0.4 is 10.2 Å². The van der Waals surface area contributed by atoms with E-state index in [1.807, 2.05) is 23.1 Å². The van der Waals surface area contributed by atoms with E-state index < -0.39 is 0 Å². The molecule has 6 heteroatoms. The molecule has 0 saturated carbocycles. The summed E-state index contributed by atoms with van der Waals surface area (Å²) in [5.74, 6) is 1.30. The molecule has 3 rings (SSSR count). The molecule has 144 valence electrons. The standard InChI is InChI=1S/C21H29N5O/c1-4-25(5-2)18-8-6-17(7-9-18)22-20-11-10-19(23-24-20)21(27)26-14-12-16(3)13-15-26/h6-11,16H,4-5,12-15H2,1-3H3,(H,22,24). The number of hydrogen-bond acceptors (Lipinski definition) is 5. The molecule has 6 nitrogen and oxygen atoms in total. The minimum Gasteiger partial charge on any atom is -0.372 e. The van der Waals surface area contributed by atoms with E-state index in [1.54, 1.807) is 6.07 Å². The Morgan fingerprint density at radius 3 is 2.30 bits per heavy atom. The van der Waals surface area contributed by atoms with E-state index in [1.165, 1.54) is 5.69 Å². The fourth-order valence-corrected chi connectivity index (χ4v) is 3.38. The Morgan fingerprint density at radius 1 is 1.07 bits per heavy atom. The van der Waals surface area contributed by atoms with Gasteiger partial charge in [-0.1, -0.05) is 6.92 Å². The Morgan fingerprint density at radius 2 is 1.74 bits per heavy atom. The summed E-state index contributed by atoms with van der Waals surface area (Å²) in [6, 6.07) is 11.8. The zero-order valence-corrected chi connectivity index (χ0v) is 16.5. The van der Waals surface area contributed by atoms with E-state index in [0.29, 0.717) is 17.4 Å². The maximum atomic E-state index is 12.5. The molecule has 1 amide bonds. The molecule has 0 bridgehead atoms. The van der Waals surface area contributed by atoms with E-state index >= 15 is 0 Å². The van der Waals surface area contributed by atoms with Crippen LogP contribution >= 0.6 is 0 Å². The lowest BCUT2D eigenvalue weighted by atomic mass is 9.99. The van der Waals surface area contributed by atoms with Gasteiger partial charge in [0.2, 0.25) is 0 Å². The van der Waals surface area contributed by atoms with Crippen LogP contribution in [0.3, 0.4) is 0 Å². The van der Waals surface area contributed by atoms with Crippen LogP contribution in [-0.2, 0) is 0 Å². The van der Waals surface area contributed by atoms with Crippen molar-refractivity contribution in [3.63, 3.8) is 0 Å². The Bertz CT molecular complexity index is 732. The van der Waals surface area contributed by atoms with Gasteiger partial charge in [0.25, 0.3) is 5.91 Å². The van der Waals surface area contributed by atoms with E-state index in [2.05, 4.69) is 53.3 Å². The second-order valence-electron chi connectivity index (χ2n) is 7.12. The van der Waals surface area contributed by atoms with Gasteiger partial charge in [0.15, 0.2) is 11.5 Å². The number of carbonyl (C=O) groups excluding carboxylic acids is 1. The fraction of sp³-hybridized carbons (Fsp3) is 0.476. The highest BCUT2D eigenvalue weighted by Gasteiger charge is 2.22. The Balaban J connectivity index is 1.61. The summed E-state index contributed by atoms with van der Waals surface area (Å²) in [6.45, 7) is 10.1. The third kappa shape index (κ3) is 4.76. The minimum absolute atomic E-state index is 0.0236. The summed E-state index contributed by atoms with van der Waals surface area (Å²) in [4.78, 5) is 16.7. The molecule has 1 saturated heterocycles. The van der Waals surface area contributed by atoms with Gasteiger partial charge in [-0.15, -0.1) is 10.2 Å². The second-order valence-corrected chi connectivity index (χ2v) is 7.12. The van der Waals surface area contributed by atoms with E-state index in [0.717, 1.165) is 44.7 Å². The van der Waals surface area contributed by atoms with Crippen molar-refractivity contribution in [1.82, 2.24) is 15.1 Å². The molecule has 0 unspecified atom stereocenters. The molecule has 1 aromatic heterocycles. The largest absolute Gasteiger partial charge is 0.372 e. The maximum Gasteiger partial charge on any atom is 0.274 e. The molecule has 0 aliphatic carbocycles. The molecule has 1 aliphatic rings. The Hall–Kier alpha value is -2.63. The molecule has 2 heterocycles. The average molecular weight is 367 g/mol. The van der Waals surface area contributed by atoms with E-state index in [9.17, 15) is 4.79 Å². The summed E-state index contributed by atoms with van der Waals surface area (Å²) in [6.07, 6.45) is 2.12. The van der Waals surface area contributed by atoms with Gasteiger partial charge in [-0.2, -0.15) is 0 Å². The molecule has 1 aromatic carbocycles. The number of anilines is 3. The SMILES string of the molecule is CCN(CC)c1ccc(Nc2ccc(C(=O)N3CCC(C)CC3)nn2)cc1. The molecule has 0 spiro atoms. The second kappa shape index (κ2) is 8.84. The molecule has 1 fully saturated rings. The maximum absolute atomic E-state index is 12.5. The van der Waals surface area contributed by atoms with Crippen molar-refractivity contribution in [2.45, 2.75) is 33.6 Å². The van der Waals surface area contributed by atoms with Crippen LogP contribution in [-0.4, -0.2) is 47.2 Å². The average Bonchev–Trinajstić information content (AvgIpc) is 2.71. The molecule has 27 heavy (non-hydrogen) atoms. The van der Waals surface area contributed by atoms with Gasteiger partial charge >= 0.3 is 0 Å². The zero-order chi connectivity index (χ0) is 19.2. The lowest BCUT2D eigenvalue weighted by Gasteiger charge is -2.29. The zero-order valence-electron chi connectivity index (χ0n) is 16.5. The van der Waals surface area contributed by atoms with Crippen molar-refractivity contribution in [3.8, 4) is 0 Å². The van der Waals surface area contributed by atoms with Gasteiger partial charge < -0.3 is 15.1 Å². The quantitative estimate of drug-likeness (QED) is 0.838. The van der Waals surface area contributed by atoms with Gasteiger partial charge in [0, 0.05) is 37.6 Å². The van der Waals surface area contributed by atoms with Crippen LogP contribution in [0.25, 0.3) is 0 Å². The van der Waals surface area contributed by atoms with Crippen LogP contribution in [0.1, 0.15) is 44.1 Å². The van der Waals surface area contributed by atoms with Crippen LogP contribution in [0.2, 0.25) is 0 Å². The predicted molar refractivity (Wildman–Crippen MR) is 110 cm³/mol. The first-order chi connectivity index (χ1) is 13.1.